The van der Waals surface area contributed by atoms with E-state index >= 15 is 0 Å². The molecular formula is C13H19N3O4S. The highest BCUT2D eigenvalue weighted by Crippen LogP contribution is 2.18. The number of hydrogen-bond donors (Lipinski definition) is 2. The van der Waals surface area contributed by atoms with E-state index in [0.29, 0.717) is 24.2 Å². The summed E-state index contributed by atoms with van der Waals surface area (Å²) in [6.07, 6.45) is 0. The number of rotatable bonds is 3. The number of nitrogens with one attached hydrogen (secondary N) is 1. The van der Waals surface area contributed by atoms with Crippen LogP contribution in [0.15, 0.2) is 23.1 Å². The molecule has 0 aliphatic carbocycles. The first-order chi connectivity index (χ1) is 9.85. The molecule has 0 radical (unpaired) electrons. The van der Waals surface area contributed by atoms with E-state index in [1.165, 1.54) is 11.0 Å². The van der Waals surface area contributed by atoms with Crippen LogP contribution >= 0.6 is 0 Å². The van der Waals surface area contributed by atoms with Crippen molar-refractivity contribution in [1.82, 2.24) is 14.7 Å². The average Bonchev–Trinajstić information content (AvgIpc) is 2.47. The Balaban J connectivity index is 2.29. The standard InChI is InChI=1S/C13H19N3O4S/c1-10-3-4-11(9-12(10)21(19,20)14-18)13(17)16-7-5-15(2)6-8-16/h3-4,9,14,18H,5-8H2,1-2H3. The highest BCUT2D eigenvalue weighted by atomic mass is 32.2. The molecule has 0 spiro atoms. The zero-order chi connectivity index (χ0) is 15.6. The summed E-state index contributed by atoms with van der Waals surface area (Å²) >= 11 is 0. The lowest BCUT2D eigenvalue weighted by molar-refractivity contribution is 0.0664. The van der Waals surface area contributed by atoms with Gasteiger partial charge in [-0.15, -0.1) is 0 Å². The van der Waals surface area contributed by atoms with Gasteiger partial charge in [-0.05, 0) is 31.7 Å². The summed E-state index contributed by atoms with van der Waals surface area (Å²) in [4.78, 5) is 17.4. The minimum atomic E-state index is -4.00. The Labute approximate surface area is 124 Å². The normalized spacial score (nSPS) is 17.0. The highest BCUT2D eigenvalue weighted by Gasteiger charge is 2.23. The number of carbonyl (C=O) groups is 1. The highest BCUT2D eigenvalue weighted by molar-refractivity contribution is 7.89. The lowest BCUT2D eigenvalue weighted by Crippen LogP contribution is -2.47. The maximum Gasteiger partial charge on any atom is 0.262 e. The van der Waals surface area contributed by atoms with Gasteiger partial charge in [0.2, 0.25) is 0 Å². The third-order valence-electron chi connectivity index (χ3n) is 3.64. The van der Waals surface area contributed by atoms with Crippen LogP contribution in [0.2, 0.25) is 0 Å². The van der Waals surface area contributed by atoms with E-state index in [1.807, 2.05) is 7.05 Å². The van der Waals surface area contributed by atoms with Crippen molar-refractivity contribution in [3.05, 3.63) is 29.3 Å². The minimum Gasteiger partial charge on any atom is -0.336 e. The van der Waals surface area contributed by atoms with Gasteiger partial charge in [0.1, 0.15) is 0 Å². The fraction of sp³-hybridized carbons (Fsp3) is 0.462. The Hall–Kier alpha value is -1.48. The lowest BCUT2D eigenvalue weighted by atomic mass is 10.1. The lowest BCUT2D eigenvalue weighted by Gasteiger charge is -2.32. The van der Waals surface area contributed by atoms with Gasteiger partial charge in [-0.3, -0.25) is 4.79 Å². The first-order valence-corrected chi connectivity index (χ1v) is 8.08. The van der Waals surface area contributed by atoms with Gasteiger partial charge in [0.25, 0.3) is 15.9 Å². The predicted molar refractivity (Wildman–Crippen MR) is 76.7 cm³/mol. The largest absolute Gasteiger partial charge is 0.336 e. The molecule has 0 aromatic heterocycles. The van der Waals surface area contributed by atoms with Crippen LogP contribution < -0.4 is 4.89 Å². The van der Waals surface area contributed by atoms with Gasteiger partial charge < -0.3 is 15.0 Å². The molecule has 1 aliphatic heterocycles. The van der Waals surface area contributed by atoms with Crippen LogP contribution in [0.1, 0.15) is 15.9 Å². The second-order valence-corrected chi connectivity index (χ2v) is 6.80. The maximum atomic E-state index is 12.4. The van der Waals surface area contributed by atoms with E-state index in [4.69, 9.17) is 5.21 Å². The number of carbonyl (C=O) groups excluding carboxylic acids is 1. The van der Waals surface area contributed by atoms with Crippen LogP contribution in [-0.4, -0.2) is 62.6 Å². The molecule has 1 aromatic rings. The summed E-state index contributed by atoms with van der Waals surface area (Å²) in [5, 5.41) is 8.74. The summed E-state index contributed by atoms with van der Waals surface area (Å²) in [6.45, 7) is 4.42. The average molecular weight is 313 g/mol. The second kappa shape index (κ2) is 6.10. The van der Waals surface area contributed by atoms with Crippen molar-refractivity contribution in [2.24, 2.45) is 0 Å². The van der Waals surface area contributed by atoms with Crippen molar-refractivity contribution in [3.8, 4) is 0 Å². The Kier molecular flexibility index (Phi) is 4.62. The summed E-state index contributed by atoms with van der Waals surface area (Å²) in [5.74, 6) is -0.197. The van der Waals surface area contributed by atoms with Gasteiger partial charge in [0, 0.05) is 31.7 Å². The Morgan fingerprint density at radius 1 is 1.24 bits per heavy atom. The molecule has 1 saturated heterocycles. The van der Waals surface area contributed by atoms with Crippen molar-refractivity contribution in [2.45, 2.75) is 11.8 Å². The van der Waals surface area contributed by atoms with Gasteiger partial charge in [0.15, 0.2) is 0 Å². The van der Waals surface area contributed by atoms with E-state index in [9.17, 15) is 13.2 Å². The van der Waals surface area contributed by atoms with Crippen LogP contribution in [0.4, 0.5) is 0 Å². The van der Waals surface area contributed by atoms with Crippen LogP contribution in [-0.2, 0) is 10.0 Å². The molecule has 0 bridgehead atoms. The van der Waals surface area contributed by atoms with Crippen molar-refractivity contribution in [2.75, 3.05) is 33.2 Å². The minimum absolute atomic E-state index is 0.0926. The molecule has 1 aliphatic rings. The first kappa shape index (κ1) is 15.9. The fourth-order valence-corrected chi connectivity index (χ4v) is 3.14. The van der Waals surface area contributed by atoms with Gasteiger partial charge >= 0.3 is 0 Å². The molecule has 2 rings (SSSR count). The van der Waals surface area contributed by atoms with Crippen molar-refractivity contribution in [3.63, 3.8) is 0 Å². The summed E-state index contributed by atoms with van der Waals surface area (Å²) in [7, 11) is -2.01. The molecule has 7 nitrogen and oxygen atoms in total. The molecule has 0 saturated carbocycles. The topological polar surface area (TPSA) is 90.0 Å². The SMILES string of the molecule is Cc1ccc(C(=O)N2CCN(C)CC2)cc1S(=O)(=O)NO. The number of benzene rings is 1. The van der Waals surface area contributed by atoms with E-state index in [-0.39, 0.29) is 10.8 Å². The quantitative estimate of drug-likeness (QED) is 0.770. The number of nitrogens with zero attached hydrogens (tertiary/aromatic N) is 2. The van der Waals surface area contributed by atoms with Crippen molar-refractivity contribution < 1.29 is 18.4 Å². The molecule has 2 N–H and O–H groups in total. The number of piperazine rings is 1. The molecule has 1 fully saturated rings. The third-order valence-corrected chi connectivity index (χ3v) is 4.89. The van der Waals surface area contributed by atoms with Crippen molar-refractivity contribution >= 4 is 15.9 Å². The molecular weight excluding hydrogens is 294 g/mol. The third kappa shape index (κ3) is 3.41. The molecule has 1 heterocycles. The van der Waals surface area contributed by atoms with E-state index in [2.05, 4.69) is 4.90 Å². The zero-order valence-corrected chi connectivity index (χ0v) is 12.9. The molecule has 1 amide bonds. The maximum absolute atomic E-state index is 12.4. The Morgan fingerprint density at radius 3 is 2.43 bits per heavy atom. The van der Waals surface area contributed by atoms with E-state index in [0.717, 1.165) is 13.1 Å². The number of likely N-dealkylation sites (N-methyl/N-ethyl adjacent to an activating group) is 1. The Bertz CT molecular complexity index is 637. The summed E-state index contributed by atoms with van der Waals surface area (Å²) < 4.78 is 23.4. The molecule has 8 heteroatoms. The van der Waals surface area contributed by atoms with Gasteiger partial charge in [-0.1, -0.05) is 11.0 Å². The zero-order valence-electron chi connectivity index (χ0n) is 12.0. The number of aryl methyl sites for hydroxylation is 1. The van der Waals surface area contributed by atoms with Crippen molar-refractivity contribution in [1.29, 1.82) is 0 Å². The van der Waals surface area contributed by atoms with Crippen LogP contribution in [0, 0.1) is 6.92 Å². The molecule has 0 atom stereocenters. The molecule has 21 heavy (non-hydrogen) atoms. The summed E-state index contributed by atoms with van der Waals surface area (Å²) in [5.41, 5.74) is 0.769. The predicted octanol–water partition coefficient (Wildman–Crippen LogP) is 0.0501. The van der Waals surface area contributed by atoms with Gasteiger partial charge in [0.05, 0.1) is 4.90 Å². The second-order valence-electron chi connectivity index (χ2n) is 5.17. The molecule has 116 valence electrons. The smallest absolute Gasteiger partial charge is 0.262 e. The van der Waals surface area contributed by atoms with Gasteiger partial charge in [-0.25, -0.2) is 8.42 Å². The first-order valence-electron chi connectivity index (χ1n) is 6.59. The fourth-order valence-electron chi connectivity index (χ4n) is 2.26. The summed E-state index contributed by atoms with van der Waals surface area (Å²) in [6, 6.07) is 4.47. The number of hydrogen-bond acceptors (Lipinski definition) is 5. The monoisotopic (exact) mass is 313 g/mol. The number of amides is 1. The molecule has 1 aromatic carbocycles. The Morgan fingerprint density at radius 2 is 1.86 bits per heavy atom. The van der Waals surface area contributed by atoms with Crippen LogP contribution in [0.3, 0.4) is 0 Å². The number of sulfonamides is 1. The van der Waals surface area contributed by atoms with E-state index < -0.39 is 10.0 Å². The van der Waals surface area contributed by atoms with Crippen LogP contribution in [0.25, 0.3) is 0 Å². The van der Waals surface area contributed by atoms with E-state index in [1.54, 1.807) is 24.0 Å². The molecule has 0 unspecified atom stereocenters. The van der Waals surface area contributed by atoms with Gasteiger partial charge in [-0.2, -0.15) is 0 Å². The van der Waals surface area contributed by atoms with Crippen LogP contribution in [0.5, 0.6) is 0 Å².